The number of methoxy groups -OCH3 is 1. The van der Waals surface area contributed by atoms with E-state index in [9.17, 15) is 4.79 Å². The first-order chi connectivity index (χ1) is 8.60. The van der Waals surface area contributed by atoms with Crippen LogP contribution >= 0.6 is 31.9 Å². The van der Waals surface area contributed by atoms with Crippen LogP contribution in [0.1, 0.15) is 13.3 Å². The van der Waals surface area contributed by atoms with Crippen LogP contribution in [0.2, 0.25) is 0 Å². The van der Waals surface area contributed by atoms with E-state index in [-0.39, 0.29) is 5.97 Å². The molecule has 0 aliphatic rings. The van der Waals surface area contributed by atoms with Gasteiger partial charge in [0.15, 0.2) is 0 Å². The fourth-order valence-electron chi connectivity index (χ4n) is 1.45. The average Bonchev–Trinajstić information content (AvgIpc) is 2.37. The van der Waals surface area contributed by atoms with Gasteiger partial charge in [0.1, 0.15) is 0 Å². The van der Waals surface area contributed by atoms with E-state index < -0.39 is 0 Å². The molecule has 0 saturated heterocycles. The molecule has 0 fully saturated rings. The zero-order chi connectivity index (χ0) is 13.5. The van der Waals surface area contributed by atoms with E-state index in [4.69, 9.17) is 4.74 Å². The number of ether oxygens (including phenoxy) is 1. The van der Waals surface area contributed by atoms with Gasteiger partial charge < -0.3 is 10.1 Å². The van der Waals surface area contributed by atoms with Crippen molar-refractivity contribution < 1.29 is 9.53 Å². The van der Waals surface area contributed by atoms with E-state index >= 15 is 0 Å². The Hall–Kier alpha value is -0.810. The monoisotopic (exact) mass is 375 g/mol. The van der Waals surface area contributed by atoms with Gasteiger partial charge in [0.25, 0.3) is 0 Å². The number of benzene rings is 1. The van der Waals surface area contributed by atoms with E-state index in [0.717, 1.165) is 14.6 Å². The largest absolute Gasteiger partial charge is 0.466 e. The third kappa shape index (κ3) is 4.14. The fourth-order valence-corrected chi connectivity index (χ4v) is 2.72. The van der Waals surface area contributed by atoms with Crippen molar-refractivity contribution in [2.75, 3.05) is 19.0 Å². The molecule has 0 radical (unpaired) electrons. The van der Waals surface area contributed by atoms with Gasteiger partial charge in [-0.3, -0.25) is 0 Å². The molecule has 98 valence electrons. The van der Waals surface area contributed by atoms with Gasteiger partial charge in [-0.15, -0.1) is 0 Å². The van der Waals surface area contributed by atoms with Crippen molar-refractivity contribution in [3.63, 3.8) is 0 Å². The van der Waals surface area contributed by atoms with Crippen LogP contribution in [0.4, 0.5) is 5.69 Å². The van der Waals surface area contributed by atoms with Crippen LogP contribution in [0.25, 0.3) is 0 Å². The number of para-hydroxylation sites is 1. The molecule has 0 aromatic heterocycles. The topological polar surface area (TPSA) is 38.3 Å². The Morgan fingerprint density at radius 3 is 2.50 bits per heavy atom. The molecule has 5 heteroatoms. The van der Waals surface area contributed by atoms with E-state index in [0.29, 0.717) is 18.5 Å². The van der Waals surface area contributed by atoms with Gasteiger partial charge >= 0.3 is 5.97 Å². The van der Waals surface area contributed by atoms with Gasteiger partial charge in [-0.1, -0.05) is 19.1 Å². The van der Waals surface area contributed by atoms with Crippen LogP contribution in [0.5, 0.6) is 0 Å². The van der Waals surface area contributed by atoms with Gasteiger partial charge in [0.2, 0.25) is 0 Å². The van der Waals surface area contributed by atoms with Crippen LogP contribution in [-0.4, -0.2) is 19.6 Å². The van der Waals surface area contributed by atoms with Gasteiger partial charge in [-0.05, 0) is 50.4 Å². The first-order valence-corrected chi connectivity index (χ1v) is 7.14. The van der Waals surface area contributed by atoms with Crippen LogP contribution in [0.15, 0.2) is 38.8 Å². The molecule has 1 aromatic carbocycles. The highest BCUT2D eigenvalue weighted by molar-refractivity contribution is 9.11. The van der Waals surface area contributed by atoms with E-state index in [2.05, 4.69) is 37.2 Å². The molecular formula is C13H15Br2NO2. The summed E-state index contributed by atoms with van der Waals surface area (Å²) in [6, 6.07) is 5.86. The van der Waals surface area contributed by atoms with Gasteiger partial charge in [-0.2, -0.15) is 0 Å². The molecule has 0 aliphatic carbocycles. The van der Waals surface area contributed by atoms with Gasteiger partial charge in [-0.25, -0.2) is 4.79 Å². The summed E-state index contributed by atoms with van der Waals surface area (Å²) in [5.41, 5.74) is 1.64. The summed E-state index contributed by atoms with van der Waals surface area (Å²) >= 11 is 6.94. The standard InChI is InChI=1S/C13H15Br2NO2/c1-3-9(13(17)18-2)7-8-16-12-10(14)5-4-6-11(12)15/h4-7,16H,3,8H2,1-2H3/b9-7-. The van der Waals surface area contributed by atoms with E-state index in [1.54, 1.807) is 0 Å². The lowest BCUT2D eigenvalue weighted by molar-refractivity contribution is -0.136. The van der Waals surface area contributed by atoms with Crippen molar-refractivity contribution in [1.29, 1.82) is 0 Å². The number of anilines is 1. The molecule has 0 unspecified atom stereocenters. The second kappa shape index (κ2) is 7.59. The summed E-state index contributed by atoms with van der Waals surface area (Å²) in [6.45, 7) is 2.50. The third-order valence-electron chi connectivity index (χ3n) is 2.42. The van der Waals surface area contributed by atoms with Crippen molar-refractivity contribution in [1.82, 2.24) is 0 Å². The minimum atomic E-state index is -0.273. The maximum Gasteiger partial charge on any atom is 0.333 e. The lowest BCUT2D eigenvalue weighted by Gasteiger charge is -2.09. The smallest absolute Gasteiger partial charge is 0.333 e. The second-order valence-electron chi connectivity index (χ2n) is 3.55. The predicted octanol–water partition coefficient (Wildman–Crippen LogP) is 4.13. The van der Waals surface area contributed by atoms with Crippen LogP contribution in [0, 0.1) is 0 Å². The maximum absolute atomic E-state index is 11.4. The molecule has 18 heavy (non-hydrogen) atoms. The Labute approximate surface area is 124 Å². The van der Waals surface area contributed by atoms with Crippen LogP contribution < -0.4 is 5.32 Å². The molecule has 1 rings (SSSR count). The number of hydrogen-bond acceptors (Lipinski definition) is 3. The second-order valence-corrected chi connectivity index (χ2v) is 5.26. The lowest BCUT2D eigenvalue weighted by atomic mass is 10.2. The summed E-state index contributed by atoms with van der Waals surface area (Å²) in [7, 11) is 1.39. The van der Waals surface area contributed by atoms with Crippen molar-refractivity contribution in [3.8, 4) is 0 Å². The molecule has 0 heterocycles. The number of nitrogens with one attached hydrogen (secondary N) is 1. The first-order valence-electron chi connectivity index (χ1n) is 5.55. The molecule has 0 aliphatic heterocycles. The molecule has 0 atom stereocenters. The molecule has 0 saturated carbocycles. The number of halogens is 2. The number of carbonyl (C=O) groups is 1. The Bertz CT molecular complexity index is 438. The highest BCUT2D eigenvalue weighted by atomic mass is 79.9. The summed E-state index contributed by atoms with van der Waals surface area (Å²) in [5.74, 6) is -0.273. The maximum atomic E-state index is 11.4. The minimum Gasteiger partial charge on any atom is -0.466 e. The minimum absolute atomic E-state index is 0.273. The SMILES string of the molecule is CC/C(=C/CNc1c(Br)cccc1Br)C(=O)OC. The van der Waals surface area contributed by atoms with Crippen molar-refractivity contribution in [3.05, 3.63) is 38.8 Å². The molecule has 1 N–H and O–H groups in total. The van der Waals surface area contributed by atoms with Crippen LogP contribution in [0.3, 0.4) is 0 Å². The summed E-state index contributed by atoms with van der Waals surface area (Å²) < 4.78 is 6.65. The van der Waals surface area contributed by atoms with Crippen molar-refractivity contribution in [2.24, 2.45) is 0 Å². The lowest BCUT2D eigenvalue weighted by Crippen LogP contribution is -2.07. The van der Waals surface area contributed by atoms with Crippen molar-refractivity contribution in [2.45, 2.75) is 13.3 Å². The summed E-state index contributed by atoms with van der Waals surface area (Å²) in [4.78, 5) is 11.4. The third-order valence-corrected chi connectivity index (χ3v) is 3.74. The summed E-state index contributed by atoms with van der Waals surface area (Å²) in [5, 5.41) is 3.25. The Kier molecular flexibility index (Phi) is 6.43. The molecule has 0 spiro atoms. The quantitative estimate of drug-likeness (QED) is 0.620. The molecule has 1 aromatic rings. The molecular weight excluding hydrogens is 362 g/mol. The first kappa shape index (κ1) is 15.2. The zero-order valence-corrected chi connectivity index (χ0v) is 13.5. The summed E-state index contributed by atoms with van der Waals surface area (Å²) in [6.07, 6.45) is 2.50. The predicted molar refractivity (Wildman–Crippen MR) is 80.7 cm³/mol. The number of esters is 1. The number of carbonyl (C=O) groups excluding carboxylic acids is 1. The molecule has 0 bridgehead atoms. The number of rotatable bonds is 5. The Morgan fingerprint density at radius 1 is 1.39 bits per heavy atom. The highest BCUT2D eigenvalue weighted by Crippen LogP contribution is 2.30. The van der Waals surface area contributed by atoms with E-state index in [1.807, 2.05) is 31.2 Å². The fraction of sp³-hybridized carbons (Fsp3) is 0.308. The Balaban J connectivity index is 2.71. The van der Waals surface area contributed by atoms with Gasteiger partial charge in [0.05, 0.1) is 12.8 Å². The number of hydrogen-bond donors (Lipinski definition) is 1. The van der Waals surface area contributed by atoms with Crippen LogP contribution in [-0.2, 0) is 9.53 Å². The highest BCUT2D eigenvalue weighted by Gasteiger charge is 2.07. The Morgan fingerprint density at radius 2 is 2.00 bits per heavy atom. The molecule has 0 amide bonds. The van der Waals surface area contributed by atoms with Gasteiger partial charge in [0, 0.05) is 21.1 Å². The average molecular weight is 377 g/mol. The zero-order valence-electron chi connectivity index (χ0n) is 10.3. The van der Waals surface area contributed by atoms with E-state index in [1.165, 1.54) is 7.11 Å². The van der Waals surface area contributed by atoms with Crippen molar-refractivity contribution >= 4 is 43.5 Å². The normalized spacial score (nSPS) is 11.2. The molecule has 3 nitrogen and oxygen atoms in total.